The summed E-state index contributed by atoms with van der Waals surface area (Å²) >= 11 is 0. The first-order valence-electron chi connectivity index (χ1n) is 4.31. The molecule has 0 saturated carbocycles. The van der Waals surface area contributed by atoms with Gasteiger partial charge in [0, 0.05) is 32.5 Å². The molecule has 0 spiro atoms. The molecule has 2 rings (SSSR count). The van der Waals surface area contributed by atoms with Gasteiger partial charge in [-0.25, -0.2) is 4.98 Å². The minimum Gasteiger partial charge on any atom is -0.400 e. The number of aryl methyl sites for hydroxylation is 1. The molecule has 0 saturated heterocycles. The first-order valence-corrected chi connectivity index (χ1v) is 4.31. The number of hydrogen-bond donors (Lipinski definition) is 1. The topological polar surface area (TPSA) is 38.0 Å². The minimum absolute atomic E-state index is 0.835. The number of rotatable bonds is 0. The van der Waals surface area contributed by atoms with E-state index in [9.17, 15) is 0 Å². The maximum Gasteiger partial charge on any atom is 0.108 e. The highest BCUT2D eigenvalue weighted by molar-refractivity contribution is 4.95. The Hall–Kier alpha value is -0.830. The maximum absolute atomic E-state index is 7.00. The SMILES string of the molecule is CC1CCc2nccn2C1.CO. The van der Waals surface area contributed by atoms with Crippen LogP contribution in [0.1, 0.15) is 19.2 Å². The van der Waals surface area contributed by atoms with Crippen molar-refractivity contribution in [2.24, 2.45) is 5.92 Å². The van der Waals surface area contributed by atoms with Crippen molar-refractivity contribution in [3.05, 3.63) is 18.2 Å². The Labute approximate surface area is 73.1 Å². The van der Waals surface area contributed by atoms with Crippen LogP contribution < -0.4 is 0 Å². The molecule has 0 aromatic carbocycles. The highest BCUT2D eigenvalue weighted by atomic mass is 16.2. The summed E-state index contributed by atoms with van der Waals surface area (Å²) in [4.78, 5) is 4.25. The van der Waals surface area contributed by atoms with Gasteiger partial charge in [0.25, 0.3) is 0 Å². The quantitative estimate of drug-likeness (QED) is 0.629. The number of aromatic nitrogens is 2. The normalized spacial score (nSPS) is 20.8. The van der Waals surface area contributed by atoms with Crippen LogP contribution in [-0.4, -0.2) is 21.8 Å². The van der Waals surface area contributed by atoms with Crippen molar-refractivity contribution in [3.63, 3.8) is 0 Å². The van der Waals surface area contributed by atoms with Crippen molar-refractivity contribution in [1.82, 2.24) is 9.55 Å². The van der Waals surface area contributed by atoms with E-state index in [0.717, 1.165) is 26.0 Å². The minimum atomic E-state index is 0.835. The summed E-state index contributed by atoms with van der Waals surface area (Å²) in [6.45, 7) is 3.46. The average Bonchev–Trinajstić information content (AvgIpc) is 2.54. The summed E-state index contributed by atoms with van der Waals surface area (Å²) in [5, 5.41) is 7.00. The molecule has 0 bridgehead atoms. The summed E-state index contributed by atoms with van der Waals surface area (Å²) < 4.78 is 2.26. The van der Waals surface area contributed by atoms with Crippen molar-refractivity contribution >= 4 is 0 Å². The van der Waals surface area contributed by atoms with Crippen molar-refractivity contribution in [3.8, 4) is 0 Å². The van der Waals surface area contributed by atoms with Crippen LogP contribution in [0.2, 0.25) is 0 Å². The van der Waals surface area contributed by atoms with Crippen LogP contribution in [0.25, 0.3) is 0 Å². The van der Waals surface area contributed by atoms with Crippen LogP contribution in [0.5, 0.6) is 0 Å². The molecule has 3 heteroatoms. The lowest BCUT2D eigenvalue weighted by Crippen LogP contribution is -2.17. The van der Waals surface area contributed by atoms with Crippen molar-refractivity contribution in [2.75, 3.05) is 7.11 Å². The first-order chi connectivity index (χ1) is 5.86. The molecule has 0 radical (unpaired) electrons. The van der Waals surface area contributed by atoms with Crippen LogP contribution in [0.4, 0.5) is 0 Å². The molecule has 1 aromatic rings. The Morgan fingerprint density at radius 3 is 3.08 bits per heavy atom. The van der Waals surface area contributed by atoms with E-state index in [4.69, 9.17) is 5.11 Å². The van der Waals surface area contributed by atoms with E-state index >= 15 is 0 Å². The smallest absolute Gasteiger partial charge is 0.108 e. The highest BCUT2D eigenvalue weighted by Gasteiger charge is 2.13. The molecule has 2 heterocycles. The second-order valence-corrected chi connectivity index (χ2v) is 3.14. The Bertz CT molecular complexity index is 232. The molecule has 1 aliphatic rings. The summed E-state index contributed by atoms with van der Waals surface area (Å²) in [7, 11) is 1.00. The number of aliphatic hydroxyl groups is 1. The van der Waals surface area contributed by atoms with E-state index in [1.165, 1.54) is 12.2 Å². The fourth-order valence-corrected chi connectivity index (χ4v) is 1.54. The second-order valence-electron chi connectivity index (χ2n) is 3.14. The van der Waals surface area contributed by atoms with E-state index < -0.39 is 0 Å². The fraction of sp³-hybridized carbons (Fsp3) is 0.667. The molecule has 1 aliphatic heterocycles. The van der Waals surface area contributed by atoms with Crippen molar-refractivity contribution in [2.45, 2.75) is 26.3 Å². The number of nitrogens with zero attached hydrogens (tertiary/aromatic N) is 2. The van der Waals surface area contributed by atoms with Crippen LogP contribution in [0.3, 0.4) is 0 Å². The zero-order valence-electron chi connectivity index (χ0n) is 7.70. The van der Waals surface area contributed by atoms with Gasteiger partial charge in [0.2, 0.25) is 0 Å². The molecule has 0 amide bonds. The van der Waals surface area contributed by atoms with Gasteiger partial charge in [0.15, 0.2) is 0 Å². The third-order valence-electron chi connectivity index (χ3n) is 2.17. The molecule has 12 heavy (non-hydrogen) atoms. The van der Waals surface area contributed by atoms with E-state index in [2.05, 4.69) is 22.7 Å². The Balaban J connectivity index is 0.000000336. The number of aliphatic hydroxyl groups excluding tert-OH is 1. The van der Waals surface area contributed by atoms with Gasteiger partial charge in [0.05, 0.1) is 0 Å². The van der Waals surface area contributed by atoms with Crippen LogP contribution >= 0.6 is 0 Å². The van der Waals surface area contributed by atoms with Gasteiger partial charge in [-0.3, -0.25) is 0 Å². The van der Waals surface area contributed by atoms with Crippen LogP contribution in [0.15, 0.2) is 12.4 Å². The van der Waals surface area contributed by atoms with Gasteiger partial charge in [-0.2, -0.15) is 0 Å². The van der Waals surface area contributed by atoms with Crippen LogP contribution in [-0.2, 0) is 13.0 Å². The Kier molecular flexibility index (Phi) is 3.29. The molecule has 1 atom stereocenters. The molecule has 1 aromatic heterocycles. The van der Waals surface area contributed by atoms with Gasteiger partial charge in [-0.05, 0) is 12.3 Å². The zero-order chi connectivity index (χ0) is 8.97. The molecule has 0 fully saturated rings. The highest BCUT2D eigenvalue weighted by Crippen LogP contribution is 2.17. The van der Waals surface area contributed by atoms with E-state index in [1.807, 2.05) is 6.20 Å². The molecular formula is C9H16N2O. The number of imidazole rings is 1. The van der Waals surface area contributed by atoms with E-state index in [0.29, 0.717) is 0 Å². The molecule has 0 aliphatic carbocycles. The van der Waals surface area contributed by atoms with Crippen molar-refractivity contribution in [1.29, 1.82) is 0 Å². The average molecular weight is 168 g/mol. The zero-order valence-corrected chi connectivity index (χ0v) is 7.70. The molecule has 68 valence electrons. The van der Waals surface area contributed by atoms with E-state index in [1.54, 1.807) is 0 Å². The monoisotopic (exact) mass is 168 g/mol. The summed E-state index contributed by atoms with van der Waals surface area (Å²) in [5.74, 6) is 2.10. The molecular weight excluding hydrogens is 152 g/mol. The molecule has 1 N–H and O–H groups in total. The number of hydrogen-bond acceptors (Lipinski definition) is 2. The number of fused-ring (bicyclic) bond motifs is 1. The van der Waals surface area contributed by atoms with Gasteiger partial charge in [0.1, 0.15) is 5.82 Å². The van der Waals surface area contributed by atoms with Crippen molar-refractivity contribution < 1.29 is 5.11 Å². The largest absolute Gasteiger partial charge is 0.400 e. The lowest BCUT2D eigenvalue weighted by atomic mass is 10.0. The molecule has 1 unspecified atom stereocenters. The predicted molar refractivity (Wildman–Crippen MR) is 47.9 cm³/mol. The second kappa shape index (κ2) is 4.26. The lowest BCUT2D eigenvalue weighted by molar-refractivity contribution is 0.394. The van der Waals surface area contributed by atoms with Gasteiger partial charge in [-0.15, -0.1) is 0 Å². The predicted octanol–water partition coefficient (Wildman–Crippen LogP) is 1.07. The third kappa shape index (κ3) is 1.85. The summed E-state index contributed by atoms with van der Waals surface area (Å²) in [5.41, 5.74) is 0. The third-order valence-corrected chi connectivity index (χ3v) is 2.17. The van der Waals surface area contributed by atoms with Gasteiger partial charge in [-0.1, -0.05) is 6.92 Å². The first kappa shape index (κ1) is 9.26. The Morgan fingerprint density at radius 2 is 2.33 bits per heavy atom. The summed E-state index contributed by atoms with van der Waals surface area (Å²) in [6.07, 6.45) is 6.43. The van der Waals surface area contributed by atoms with E-state index in [-0.39, 0.29) is 0 Å². The van der Waals surface area contributed by atoms with Gasteiger partial charge < -0.3 is 9.67 Å². The maximum atomic E-state index is 7.00. The van der Waals surface area contributed by atoms with Crippen LogP contribution in [0, 0.1) is 5.92 Å². The molecule has 3 nitrogen and oxygen atoms in total. The van der Waals surface area contributed by atoms with Gasteiger partial charge >= 0.3 is 0 Å². The fourth-order valence-electron chi connectivity index (χ4n) is 1.54. The Morgan fingerprint density at radius 1 is 1.58 bits per heavy atom. The summed E-state index contributed by atoms with van der Waals surface area (Å²) in [6, 6.07) is 0. The standard InChI is InChI=1S/C8H12N2.CH4O/c1-7-2-3-8-9-4-5-10(8)6-7;1-2/h4-5,7H,2-3,6H2,1H3;2H,1H3. The lowest BCUT2D eigenvalue weighted by Gasteiger charge is -2.19.